The Morgan fingerprint density at radius 3 is 2.08 bits per heavy atom. The molecule has 0 amide bonds. The Morgan fingerprint density at radius 1 is 1.03 bits per heavy atom. The van der Waals surface area contributed by atoms with Crippen LogP contribution in [0.4, 0.5) is 0 Å². The summed E-state index contributed by atoms with van der Waals surface area (Å²) in [6.45, 7) is 2.17. The van der Waals surface area contributed by atoms with Crippen LogP contribution in [-0.4, -0.2) is 82.0 Å². The van der Waals surface area contributed by atoms with Crippen molar-refractivity contribution >= 4 is 21.3 Å². The molecule has 4 N–H and O–H groups in total. The van der Waals surface area contributed by atoms with Crippen molar-refractivity contribution in [3.05, 3.63) is 65.2 Å². The van der Waals surface area contributed by atoms with Crippen molar-refractivity contribution in [2.45, 2.75) is 63.6 Å². The molecule has 15 nitrogen and oxygen atoms in total. The summed E-state index contributed by atoms with van der Waals surface area (Å²) in [5.74, 6) is 0. The van der Waals surface area contributed by atoms with Crippen LogP contribution in [0.2, 0.25) is 0 Å². The van der Waals surface area contributed by atoms with E-state index in [4.69, 9.17) is 18.5 Å². The fourth-order valence-electron chi connectivity index (χ4n) is 4.14. The second-order valence-electron chi connectivity index (χ2n) is 8.82. The number of aromatic amines is 2. The first-order valence-corrected chi connectivity index (χ1v) is 15.0. The minimum absolute atomic E-state index is 0.0186. The Balaban J connectivity index is 1.39. The van der Waals surface area contributed by atoms with E-state index in [2.05, 4.69) is 25.1 Å². The SMILES string of the molecule is Cc1cn([C@H]2C[C@H](OP([O-])(=[Se])OC[C@H]3O[C@@H](n4cc(C)c(=O)[nH]c4=O)C[C@@H]3O)[C@@H](CO)O2)c(=O)[nH]c1=O. The maximum absolute atomic E-state index is 13.0. The van der Waals surface area contributed by atoms with Crippen LogP contribution in [0, 0.1) is 13.8 Å². The zero-order chi connectivity index (χ0) is 27.1. The summed E-state index contributed by atoms with van der Waals surface area (Å²) in [5, 5.41) is 20.1. The van der Waals surface area contributed by atoms with Crippen molar-refractivity contribution in [1.82, 2.24) is 19.1 Å². The van der Waals surface area contributed by atoms with Gasteiger partial charge in [-0.25, -0.2) is 0 Å². The predicted molar refractivity (Wildman–Crippen MR) is 126 cm³/mol. The molecule has 4 rings (SSSR count). The van der Waals surface area contributed by atoms with Crippen LogP contribution in [0.15, 0.2) is 31.6 Å². The summed E-state index contributed by atoms with van der Waals surface area (Å²) in [4.78, 5) is 64.9. The Kier molecular flexibility index (Phi) is 8.36. The molecule has 17 heteroatoms. The van der Waals surface area contributed by atoms with Crippen molar-refractivity contribution in [2.24, 2.45) is 0 Å². The molecule has 2 aliphatic rings. The summed E-state index contributed by atoms with van der Waals surface area (Å²) in [6.07, 6.45) is -6.90. The normalized spacial score (nSPS) is 29.4. The fraction of sp³-hybridized carbons (Fsp3) is 0.600. The van der Waals surface area contributed by atoms with E-state index in [1.54, 1.807) is 0 Å². The van der Waals surface area contributed by atoms with E-state index < -0.39 is 72.2 Å². The third-order valence-electron chi connectivity index (χ3n) is 6.14. The summed E-state index contributed by atoms with van der Waals surface area (Å²) in [5.41, 5.74) is -1.91. The third-order valence-corrected chi connectivity index (χ3v) is 8.34. The molecule has 2 aromatic rings. The molecule has 2 aliphatic heterocycles. The number of nitrogens with zero attached hydrogens (tertiary/aromatic N) is 2. The number of rotatable bonds is 8. The number of aryl methyl sites for hydroxylation is 2. The average Bonchev–Trinajstić information content (AvgIpc) is 3.39. The number of aliphatic hydroxyl groups excluding tert-OH is 2. The minimum atomic E-state index is -3.90. The standard InChI is InChI=1S/C20H27N4O11PSe/c1-9-5-23(19(29)21-17(9)27)15-3-11(26)14(34-15)8-32-36(31,37)35-12-4-16(33-13(12)7-25)24-6-10(2)18(28)22-20(24)30/h5-6,11-16,25-26H,3-4,7-8H2,1-2H3,(H,31,37)(H,21,27,29)(H,22,28,30)/p-1/t11-,12-,13+,14+,15+,16+,36?/m0/s1. The predicted octanol–water partition coefficient (Wildman–Crippen LogP) is -2.76. The first-order chi connectivity index (χ1) is 17.4. The van der Waals surface area contributed by atoms with Crippen LogP contribution in [0.25, 0.3) is 0 Å². The average molecular weight is 608 g/mol. The van der Waals surface area contributed by atoms with E-state index in [1.807, 2.05) is 0 Å². The zero-order valence-corrected chi connectivity index (χ0v) is 22.4. The van der Waals surface area contributed by atoms with Crippen LogP contribution in [0.1, 0.15) is 36.4 Å². The Bertz CT molecular complexity index is 1430. The van der Waals surface area contributed by atoms with Crippen molar-refractivity contribution in [1.29, 1.82) is 0 Å². The molecule has 204 valence electrons. The maximum atomic E-state index is 13.0. The zero-order valence-electron chi connectivity index (χ0n) is 19.8. The first kappa shape index (κ1) is 28.0. The van der Waals surface area contributed by atoms with Gasteiger partial charge in [-0.05, 0) is 0 Å². The third kappa shape index (κ3) is 6.20. The van der Waals surface area contributed by atoms with Crippen LogP contribution < -0.4 is 27.4 Å². The van der Waals surface area contributed by atoms with Gasteiger partial charge in [0.25, 0.3) is 0 Å². The topological polar surface area (TPSA) is 210 Å². The number of ether oxygens (including phenoxy) is 2. The number of nitrogens with one attached hydrogen (secondary N) is 2. The molecule has 0 radical (unpaired) electrons. The van der Waals surface area contributed by atoms with Gasteiger partial charge in [-0.2, -0.15) is 0 Å². The van der Waals surface area contributed by atoms with Crippen molar-refractivity contribution in [3.63, 3.8) is 0 Å². The van der Waals surface area contributed by atoms with E-state index in [0.717, 1.165) is 9.13 Å². The molecule has 0 saturated carbocycles. The molecule has 2 saturated heterocycles. The summed E-state index contributed by atoms with van der Waals surface area (Å²) < 4.78 is 24.6. The van der Waals surface area contributed by atoms with E-state index in [0.29, 0.717) is 0 Å². The summed E-state index contributed by atoms with van der Waals surface area (Å²) in [6, 6.07) is 0. The van der Waals surface area contributed by atoms with Crippen LogP contribution in [-0.2, 0) is 18.5 Å². The van der Waals surface area contributed by atoms with Crippen molar-refractivity contribution in [2.75, 3.05) is 13.2 Å². The second kappa shape index (κ2) is 11.0. The second-order valence-corrected chi connectivity index (χ2v) is 13.0. The van der Waals surface area contributed by atoms with E-state index >= 15 is 0 Å². The molecule has 0 bridgehead atoms. The van der Waals surface area contributed by atoms with E-state index in [9.17, 15) is 34.3 Å². The van der Waals surface area contributed by atoms with E-state index in [-0.39, 0.29) is 30.6 Å². The number of H-pyrrole nitrogens is 2. The molecular formula is C20H26N4O11PSe-. The van der Waals surface area contributed by atoms with Crippen molar-refractivity contribution < 1.29 is 33.6 Å². The molecule has 1 unspecified atom stereocenters. The van der Waals surface area contributed by atoms with Gasteiger partial charge < -0.3 is 0 Å². The molecule has 7 atom stereocenters. The van der Waals surface area contributed by atoms with Gasteiger partial charge in [0.1, 0.15) is 0 Å². The monoisotopic (exact) mass is 609 g/mol. The van der Waals surface area contributed by atoms with Crippen LogP contribution in [0.5, 0.6) is 0 Å². The number of hydrogen-bond donors (Lipinski definition) is 4. The van der Waals surface area contributed by atoms with Crippen LogP contribution in [0.3, 0.4) is 0 Å². The van der Waals surface area contributed by atoms with Gasteiger partial charge in [0.05, 0.1) is 0 Å². The van der Waals surface area contributed by atoms with Gasteiger partial charge in [0.15, 0.2) is 0 Å². The Morgan fingerprint density at radius 2 is 1.54 bits per heavy atom. The molecule has 2 aromatic heterocycles. The molecule has 4 heterocycles. The van der Waals surface area contributed by atoms with Crippen molar-refractivity contribution in [3.8, 4) is 0 Å². The molecular weight excluding hydrogens is 582 g/mol. The number of aliphatic hydroxyl groups is 2. The molecule has 37 heavy (non-hydrogen) atoms. The summed E-state index contributed by atoms with van der Waals surface area (Å²) in [7, 11) is 0. The molecule has 2 fully saturated rings. The Hall–Kier alpha value is -1.97. The fourth-order valence-corrected chi connectivity index (χ4v) is 6.17. The van der Waals surface area contributed by atoms with Gasteiger partial charge in [0, 0.05) is 0 Å². The van der Waals surface area contributed by atoms with Gasteiger partial charge in [0.2, 0.25) is 0 Å². The van der Waals surface area contributed by atoms with Gasteiger partial charge in [-0.1, -0.05) is 0 Å². The quantitative estimate of drug-likeness (QED) is 0.178. The number of aromatic nitrogens is 4. The Labute approximate surface area is 216 Å². The van der Waals surface area contributed by atoms with E-state index in [1.165, 1.54) is 26.2 Å². The van der Waals surface area contributed by atoms with Gasteiger partial charge >= 0.3 is 216 Å². The van der Waals surface area contributed by atoms with Gasteiger partial charge in [-0.15, -0.1) is 0 Å². The van der Waals surface area contributed by atoms with Crippen LogP contribution >= 0.6 is 6.19 Å². The summed E-state index contributed by atoms with van der Waals surface area (Å²) >= 11 is 2.34. The molecule has 0 aliphatic carbocycles. The molecule has 0 aromatic carbocycles. The molecule has 0 spiro atoms. The van der Waals surface area contributed by atoms with Gasteiger partial charge in [-0.3, -0.25) is 0 Å². The first-order valence-electron chi connectivity index (χ1n) is 11.3. The number of hydrogen-bond acceptors (Lipinski definition) is 11.